The van der Waals surface area contributed by atoms with Gasteiger partial charge in [0.2, 0.25) is 0 Å². The number of aromatic amines is 1. The molecule has 2 rings (SSSR count). The summed E-state index contributed by atoms with van der Waals surface area (Å²) in [5, 5.41) is 12.8. The lowest BCUT2D eigenvalue weighted by atomic mass is 10.6. The van der Waals surface area contributed by atoms with Crippen molar-refractivity contribution < 1.29 is 0 Å². The Morgan fingerprint density at radius 2 is 2.40 bits per heavy atom. The third-order valence-electron chi connectivity index (χ3n) is 1.13. The number of fused-ring (bicyclic) bond motifs is 1. The smallest absolute Gasteiger partial charge is 0.244 e. The summed E-state index contributed by atoms with van der Waals surface area (Å²) in [4.78, 5) is 10.8. The van der Waals surface area contributed by atoms with Crippen molar-refractivity contribution in [3.05, 3.63) is 22.9 Å². The molecule has 2 heterocycles. The number of H-pyrrole nitrogens is 1. The highest BCUT2D eigenvalue weighted by molar-refractivity contribution is 5.38. The van der Waals surface area contributed by atoms with E-state index >= 15 is 0 Å². The van der Waals surface area contributed by atoms with Crippen LogP contribution in [0.1, 0.15) is 0 Å². The zero-order valence-corrected chi connectivity index (χ0v) is 4.85. The molecule has 0 radical (unpaired) electrons. The van der Waals surface area contributed by atoms with Gasteiger partial charge in [-0.2, -0.15) is 9.61 Å². The van der Waals surface area contributed by atoms with Crippen molar-refractivity contribution in [2.75, 3.05) is 0 Å². The van der Waals surface area contributed by atoms with Crippen molar-refractivity contribution in [3.8, 4) is 0 Å². The van der Waals surface area contributed by atoms with Gasteiger partial charge < -0.3 is 0 Å². The molecule has 2 aromatic rings. The molecule has 0 bridgehead atoms. The Morgan fingerprint density at radius 3 is 3.20 bits per heavy atom. The number of nitrogens with zero attached hydrogens (tertiary/aromatic N) is 4. The average molecular weight is 137 g/mol. The van der Waals surface area contributed by atoms with Crippen molar-refractivity contribution in [2.45, 2.75) is 0 Å². The molecule has 0 aliphatic carbocycles. The summed E-state index contributed by atoms with van der Waals surface area (Å²) in [5.41, 5.74) is 0.207. The van der Waals surface area contributed by atoms with Gasteiger partial charge in [-0.15, -0.1) is 5.10 Å². The molecule has 0 aromatic carbocycles. The Hall–Kier alpha value is -1.72. The molecule has 0 saturated carbocycles. The van der Waals surface area contributed by atoms with Crippen LogP contribution < -0.4 is 5.69 Å². The SMILES string of the molecule is O=c1[nH]ncc2cnnn12. The number of hydrogen-bond donors (Lipinski definition) is 1. The van der Waals surface area contributed by atoms with Crippen molar-refractivity contribution in [1.29, 1.82) is 0 Å². The fourth-order valence-electron chi connectivity index (χ4n) is 0.690. The second-order valence-electron chi connectivity index (χ2n) is 1.75. The van der Waals surface area contributed by atoms with Gasteiger partial charge in [0.25, 0.3) is 0 Å². The third-order valence-corrected chi connectivity index (χ3v) is 1.13. The first kappa shape index (κ1) is 5.10. The maximum atomic E-state index is 10.8. The van der Waals surface area contributed by atoms with E-state index < -0.39 is 0 Å². The lowest BCUT2D eigenvalue weighted by molar-refractivity contribution is 0.766. The summed E-state index contributed by atoms with van der Waals surface area (Å²) in [6.07, 6.45) is 2.93. The van der Waals surface area contributed by atoms with Crippen LogP contribution in [-0.2, 0) is 0 Å². The van der Waals surface area contributed by atoms with Crippen LogP contribution in [0.15, 0.2) is 17.2 Å². The van der Waals surface area contributed by atoms with Gasteiger partial charge in [-0.3, -0.25) is 0 Å². The van der Waals surface area contributed by atoms with Crippen molar-refractivity contribution >= 4 is 5.52 Å². The summed E-state index contributed by atoms with van der Waals surface area (Å²) < 4.78 is 1.13. The van der Waals surface area contributed by atoms with Crippen LogP contribution in [-0.4, -0.2) is 25.0 Å². The molecule has 6 nitrogen and oxygen atoms in total. The minimum atomic E-state index is -0.380. The van der Waals surface area contributed by atoms with Crippen LogP contribution in [0.25, 0.3) is 5.52 Å². The Labute approximate surface area is 54.5 Å². The fourth-order valence-corrected chi connectivity index (χ4v) is 0.690. The number of rotatable bonds is 0. The van der Waals surface area contributed by atoms with Crippen molar-refractivity contribution in [1.82, 2.24) is 25.0 Å². The molecule has 2 aromatic heterocycles. The summed E-state index contributed by atoms with van der Waals surface area (Å²) >= 11 is 0. The molecule has 0 saturated heterocycles. The fraction of sp³-hybridized carbons (Fsp3) is 0. The lowest BCUT2D eigenvalue weighted by Crippen LogP contribution is -2.17. The summed E-state index contributed by atoms with van der Waals surface area (Å²) in [7, 11) is 0. The second-order valence-corrected chi connectivity index (χ2v) is 1.75. The van der Waals surface area contributed by atoms with Crippen molar-refractivity contribution in [2.24, 2.45) is 0 Å². The normalized spacial score (nSPS) is 10.4. The van der Waals surface area contributed by atoms with Crippen LogP contribution in [0.3, 0.4) is 0 Å². The largest absolute Gasteiger partial charge is 0.364 e. The molecule has 6 heteroatoms. The molecule has 0 unspecified atom stereocenters. The zero-order chi connectivity index (χ0) is 6.97. The average Bonchev–Trinajstić information content (AvgIpc) is 2.36. The number of hydrogen-bond acceptors (Lipinski definition) is 4. The van der Waals surface area contributed by atoms with Crippen LogP contribution in [0.5, 0.6) is 0 Å². The van der Waals surface area contributed by atoms with Gasteiger partial charge in [-0.25, -0.2) is 9.89 Å². The minimum Gasteiger partial charge on any atom is -0.244 e. The van der Waals surface area contributed by atoms with E-state index in [1.165, 1.54) is 12.4 Å². The van der Waals surface area contributed by atoms with Crippen LogP contribution in [0.4, 0.5) is 0 Å². The second kappa shape index (κ2) is 1.63. The predicted molar refractivity (Wildman–Crippen MR) is 31.4 cm³/mol. The standard InChI is InChI=1S/C4H3N5O/c10-4-7-5-1-3-2-6-8-9(3)4/h1-2H,(H,7,10). The Balaban J connectivity index is 3.09. The van der Waals surface area contributed by atoms with Gasteiger partial charge in [-0.05, 0) is 0 Å². The van der Waals surface area contributed by atoms with Crippen molar-refractivity contribution in [3.63, 3.8) is 0 Å². The molecule has 1 N–H and O–H groups in total. The van der Waals surface area contributed by atoms with E-state index in [1.807, 2.05) is 0 Å². The first-order chi connectivity index (χ1) is 4.88. The summed E-state index contributed by atoms with van der Waals surface area (Å²) in [6.45, 7) is 0. The van der Waals surface area contributed by atoms with E-state index in [-0.39, 0.29) is 5.69 Å². The first-order valence-corrected chi connectivity index (χ1v) is 2.62. The summed E-state index contributed by atoms with van der Waals surface area (Å²) in [5.74, 6) is 0. The first-order valence-electron chi connectivity index (χ1n) is 2.62. The van der Waals surface area contributed by atoms with Gasteiger partial charge in [0.05, 0.1) is 12.4 Å². The highest BCUT2D eigenvalue weighted by Crippen LogP contribution is 1.87. The maximum absolute atomic E-state index is 10.8. The van der Waals surface area contributed by atoms with Gasteiger partial charge in [-0.1, -0.05) is 5.21 Å². The highest BCUT2D eigenvalue weighted by atomic mass is 16.1. The van der Waals surface area contributed by atoms with E-state index in [9.17, 15) is 4.79 Å². The monoisotopic (exact) mass is 137 g/mol. The number of aromatic nitrogens is 5. The number of nitrogens with one attached hydrogen (secondary N) is 1. The zero-order valence-electron chi connectivity index (χ0n) is 4.85. The molecular weight excluding hydrogens is 134 g/mol. The predicted octanol–water partition coefficient (Wildman–Crippen LogP) is -1.19. The molecule has 0 amide bonds. The van der Waals surface area contributed by atoms with Crippen LogP contribution in [0.2, 0.25) is 0 Å². The molecule has 10 heavy (non-hydrogen) atoms. The maximum Gasteiger partial charge on any atom is 0.364 e. The third kappa shape index (κ3) is 0.524. The van der Waals surface area contributed by atoms with E-state index in [0.717, 1.165) is 4.52 Å². The highest BCUT2D eigenvalue weighted by Gasteiger charge is 1.95. The Bertz CT molecular complexity index is 401. The topological polar surface area (TPSA) is 75.9 Å². The molecular formula is C4H3N5O. The van der Waals surface area contributed by atoms with E-state index in [2.05, 4.69) is 20.5 Å². The van der Waals surface area contributed by atoms with Gasteiger partial charge >= 0.3 is 5.69 Å². The molecule has 0 aliphatic heterocycles. The molecule has 50 valence electrons. The van der Waals surface area contributed by atoms with Gasteiger partial charge in [0, 0.05) is 0 Å². The lowest BCUT2D eigenvalue weighted by Gasteiger charge is -1.83. The molecule has 0 aliphatic rings. The minimum absolute atomic E-state index is 0.380. The van der Waals surface area contributed by atoms with Gasteiger partial charge in [0.15, 0.2) is 0 Å². The van der Waals surface area contributed by atoms with E-state index in [4.69, 9.17) is 0 Å². The quantitative estimate of drug-likeness (QED) is 0.495. The molecule has 0 fully saturated rings. The Kier molecular flexibility index (Phi) is 0.830. The Morgan fingerprint density at radius 1 is 1.50 bits per heavy atom. The van der Waals surface area contributed by atoms with Crippen LogP contribution in [0, 0.1) is 0 Å². The molecule has 0 atom stereocenters. The van der Waals surface area contributed by atoms with Gasteiger partial charge in [0.1, 0.15) is 5.52 Å². The summed E-state index contributed by atoms with van der Waals surface area (Å²) in [6, 6.07) is 0. The van der Waals surface area contributed by atoms with E-state index in [1.54, 1.807) is 0 Å². The molecule has 0 spiro atoms. The van der Waals surface area contributed by atoms with Crippen LogP contribution >= 0.6 is 0 Å². The van der Waals surface area contributed by atoms with E-state index in [0.29, 0.717) is 5.52 Å².